The van der Waals surface area contributed by atoms with Gasteiger partial charge < -0.3 is 15.4 Å². The van der Waals surface area contributed by atoms with Crippen molar-refractivity contribution in [3.8, 4) is 5.75 Å². The first-order valence-corrected chi connectivity index (χ1v) is 8.14. The Kier molecular flexibility index (Phi) is 7.35. The minimum absolute atomic E-state index is 0.0380. The van der Waals surface area contributed by atoms with Gasteiger partial charge in [0.25, 0.3) is 0 Å². The average Bonchev–Trinajstić information content (AvgIpc) is 2.60. The number of nitrogens with zero attached hydrogens (tertiary/aromatic N) is 1. The minimum atomic E-state index is -2.86. The number of carbonyl (C=O) groups excluding carboxylic acids is 1. The Morgan fingerprint density at radius 2 is 1.68 bits per heavy atom. The number of carbonyl (C=O) groups is 1. The maximum absolute atomic E-state index is 12.5. The van der Waals surface area contributed by atoms with Crippen molar-refractivity contribution in [2.75, 3.05) is 19.6 Å². The summed E-state index contributed by atoms with van der Waals surface area (Å²) >= 11 is 0. The lowest BCUT2D eigenvalue weighted by molar-refractivity contribution is -0.130. The Morgan fingerprint density at radius 3 is 2.28 bits per heavy atom. The molecule has 0 aliphatic rings. The number of benzene rings is 2. The maximum Gasteiger partial charge on any atom is 0.387 e. The van der Waals surface area contributed by atoms with Crippen LogP contribution in [0.5, 0.6) is 5.75 Å². The van der Waals surface area contributed by atoms with Gasteiger partial charge in [-0.1, -0.05) is 42.5 Å². The zero-order chi connectivity index (χ0) is 18.1. The SMILES string of the molecule is NCCN(CCc1ccccc1)C(=O)Cc1ccc(OC(F)F)cc1. The molecule has 6 heteroatoms. The van der Waals surface area contributed by atoms with E-state index in [4.69, 9.17) is 5.73 Å². The van der Waals surface area contributed by atoms with E-state index in [0.717, 1.165) is 17.5 Å². The van der Waals surface area contributed by atoms with Crippen LogP contribution in [0.15, 0.2) is 54.6 Å². The molecule has 0 unspecified atom stereocenters. The molecule has 0 bridgehead atoms. The Bertz CT molecular complexity index is 648. The highest BCUT2D eigenvalue weighted by atomic mass is 19.3. The fourth-order valence-corrected chi connectivity index (χ4v) is 2.50. The molecule has 2 aromatic rings. The Labute approximate surface area is 146 Å². The zero-order valence-electron chi connectivity index (χ0n) is 13.9. The van der Waals surface area contributed by atoms with Gasteiger partial charge in [-0.3, -0.25) is 4.79 Å². The third-order valence-electron chi connectivity index (χ3n) is 3.77. The Hall–Kier alpha value is -2.47. The normalized spacial score (nSPS) is 10.7. The van der Waals surface area contributed by atoms with Gasteiger partial charge >= 0.3 is 6.61 Å². The van der Waals surface area contributed by atoms with E-state index < -0.39 is 6.61 Å². The third kappa shape index (κ3) is 6.51. The van der Waals surface area contributed by atoms with Crippen LogP contribution in [-0.2, 0) is 17.6 Å². The van der Waals surface area contributed by atoms with E-state index in [1.165, 1.54) is 12.1 Å². The second kappa shape index (κ2) is 9.74. The molecule has 0 radical (unpaired) electrons. The van der Waals surface area contributed by atoms with E-state index >= 15 is 0 Å². The molecule has 134 valence electrons. The van der Waals surface area contributed by atoms with Gasteiger partial charge in [-0.2, -0.15) is 8.78 Å². The number of alkyl halides is 2. The van der Waals surface area contributed by atoms with Crippen LogP contribution in [0.25, 0.3) is 0 Å². The molecule has 0 aromatic heterocycles. The summed E-state index contributed by atoms with van der Waals surface area (Å²) in [5.41, 5.74) is 7.52. The van der Waals surface area contributed by atoms with Crippen LogP contribution in [0.2, 0.25) is 0 Å². The zero-order valence-corrected chi connectivity index (χ0v) is 13.9. The monoisotopic (exact) mass is 348 g/mol. The number of hydrogen-bond acceptors (Lipinski definition) is 3. The van der Waals surface area contributed by atoms with Crippen molar-refractivity contribution >= 4 is 5.91 Å². The van der Waals surface area contributed by atoms with Gasteiger partial charge in [0, 0.05) is 19.6 Å². The number of rotatable bonds is 9. The van der Waals surface area contributed by atoms with E-state index in [1.807, 2.05) is 30.3 Å². The molecule has 0 saturated carbocycles. The number of nitrogens with two attached hydrogens (primary N) is 1. The Balaban J connectivity index is 1.92. The summed E-state index contributed by atoms with van der Waals surface area (Å²) in [7, 11) is 0. The lowest BCUT2D eigenvalue weighted by atomic mass is 10.1. The summed E-state index contributed by atoms with van der Waals surface area (Å²) < 4.78 is 28.6. The predicted molar refractivity (Wildman–Crippen MR) is 92.6 cm³/mol. The minimum Gasteiger partial charge on any atom is -0.435 e. The lowest BCUT2D eigenvalue weighted by Gasteiger charge is -2.22. The van der Waals surface area contributed by atoms with E-state index in [-0.39, 0.29) is 18.1 Å². The fraction of sp³-hybridized carbons (Fsp3) is 0.316. The van der Waals surface area contributed by atoms with Gasteiger partial charge in [0.1, 0.15) is 5.75 Å². The first-order chi connectivity index (χ1) is 12.1. The number of halogens is 2. The van der Waals surface area contributed by atoms with Crippen LogP contribution in [0, 0.1) is 0 Å². The molecular weight excluding hydrogens is 326 g/mol. The van der Waals surface area contributed by atoms with Gasteiger partial charge in [0.15, 0.2) is 0 Å². The smallest absolute Gasteiger partial charge is 0.387 e. The summed E-state index contributed by atoms with van der Waals surface area (Å²) in [6.07, 6.45) is 0.956. The highest BCUT2D eigenvalue weighted by Gasteiger charge is 2.14. The highest BCUT2D eigenvalue weighted by molar-refractivity contribution is 5.78. The van der Waals surface area contributed by atoms with Crippen LogP contribution in [0.4, 0.5) is 8.78 Å². The largest absolute Gasteiger partial charge is 0.435 e. The fourth-order valence-electron chi connectivity index (χ4n) is 2.50. The van der Waals surface area contributed by atoms with Crippen molar-refractivity contribution in [2.45, 2.75) is 19.5 Å². The summed E-state index contributed by atoms with van der Waals surface area (Å²) in [5.74, 6) is 0.0398. The molecule has 0 spiro atoms. The van der Waals surface area contributed by atoms with Gasteiger partial charge in [-0.25, -0.2) is 0 Å². The van der Waals surface area contributed by atoms with Crippen molar-refractivity contribution in [2.24, 2.45) is 5.73 Å². The second-order valence-corrected chi connectivity index (χ2v) is 5.60. The Morgan fingerprint density at radius 1 is 1.00 bits per heavy atom. The van der Waals surface area contributed by atoms with Crippen molar-refractivity contribution in [3.63, 3.8) is 0 Å². The standard InChI is InChI=1S/C19H22F2N2O2/c20-19(21)25-17-8-6-16(7-9-17)14-18(24)23(13-11-22)12-10-15-4-2-1-3-5-15/h1-9,19H,10-14,22H2. The van der Waals surface area contributed by atoms with Crippen LogP contribution in [0.1, 0.15) is 11.1 Å². The third-order valence-corrected chi connectivity index (χ3v) is 3.77. The molecule has 0 aliphatic heterocycles. The van der Waals surface area contributed by atoms with Crippen LogP contribution >= 0.6 is 0 Å². The number of hydrogen-bond donors (Lipinski definition) is 1. The van der Waals surface area contributed by atoms with E-state index in [1.54, 1.807) is 17.0 Å². The molecule has 2 rings (SSSR count). The summed E-state index contributed by atoms with van der Waals surface area (Å²) in [4.78, 5) is 14.2. The molecule has 2 N–H and O–H groups in total. The molecule has 4 nitrogen and oxygen atoms in total. The van der Waals surface area contributed by atoms with Crippen molar-refractivity contribution in [3.05, 3.63) is 65.7 Å². The van der Waals surface area contributed by atoms with E-state index in [2.05, 4.69) is 4.74 Å². The number of amides is 1. The summed E-state index contributed by atoms with van der Waals surface area (Å²) in [5, 5.41) is 0. The molecule has 0 aliphatic carbocycles. The molecule has 1 amide bonds. The summed E-state index contributed by atoms with van der Waals surface area (Å²) in [6, 6.07) is 16.0. The molecule has 0 saturated heterocycles. The topological polar surface area (TPSA) is 55.6 Å². The number of ether oxygens (including phenoxy) is 1. The lowest BCUT2D eigenvalue weighted by Crippen LogP contribution is -2.37. The molecule has 25 heavy (non-hydrogen) atoms. The highest BCUT2D eigenvalue weighted by Crippen LogP contribution is 2.15. The van der Waals surface area contributed by atoms with E-state index in [9.17, 15) is 13.6 Å². The molecule has 0 atom stereocenters. The quantitative estimate of drug-likeness (QED) is 0.758. The summed E-state index contributed by atoms with van der Waals surface area (Å²) in [6.45, 7) is -1.39. The maximum atomic E-state index is 12.5. The molecule has 0 fully saturated rings. The van der Waals surface area contributed by atoms with Crippen LogP contribution < -0.4 is 10.5 Å². The van der Waals surface area contributed by atoms with Gasteiger partial charge in [0.2, 0.25) is 5.91 Å². The first-order valence-electron chi connectivity index (χ1n) is 8.14. The van der Waals surface area contributed by atoms with Gasteiger partial charge in [0.05, 0.1) is 6.42 Å². The first kappa shape index (κ1) is 18.9. The molecule has 2 aromatic carbocycles. The second-order valence-electron chi connectivity index (χ2n) is 5.60. The molecule has 0 heterocycles. The van der Waals surface area contributed by atoms with Crippen LogP contribution in [-0.4, -0.2) is 37.1 Å². The predicted octanol–water partition coefficient (Wildman–Crippen LogP) is 2.86. The average molecular weight is 348 g/mol. The van der Waals surface area contributed by atoms with E-state index in [0.29, 0.717) is 19.6 Å². The van der Waals surface area contributed by atoms with Crippen molar-refractivity contribution < 1.29 is 18.3 Å². The van der Waals surface area contributed by atoms with Crippen molar-refractivity contribution in [1.82, 2.24) is 4.90 Å². The van der Waals surface area contributed by atoms with Crippen LogP contribution in [0.3, 0.4) is 0 Å². The van der Waals surface area contributed by atoms with Gasteiger partial charge in [-0.15, -0.1) is 0 Å². The van der Waals surface area contributed by atoms with Crippen molar-refractivity contribution in [1.29, 1.82) is 0 Å². The van der Waals surface area contributed by atoms with Gasteiger partial charge in [-0.05, 0) is 29.7 Å². The molecular formula is C19H22F2N2O2.